The van der Waals surface area contributed by atoms with Gasteiger partial charge in [-0.25, -0.2) is 0 Å². The van der Waals surface area contributed by atoms with Gasteiger partial charge in [0, 0.05) is 0 Å². The van der Waals surface area contributed by atoms with Crippen LogP contribution in [-0.2, 0) is 0 Å². The van der Waals surface area contributed by atoms with Gasteiger partial charge in [-0.3, -0.25) is 0 Å². The Morgan fingerprint density at radius 1 is 1.23 bits per heavy atom. The minimum Gasteiger partial charge on any atom is -0.330 e. The standard InChI is InChI=1S/C12H23N/c1-9-7-11(3)12(5-4-6-13)8-10(9)2/h11-12H,4-8,13H2,1-3H3. The van der Waals surface area contributed by atoms with Crippen LogP contribution in [0.25, 0.3) is 0 Å². The highest BCUT2D eigenvalue weighted by Crippen LogP contribution is 2.35. The average Bonchev–Trinajstić information content (AvgIpc) is 2.09. The second-order valence-electron chi connectivity index (χ2n) is 4.64. The highest BCUT2D eigenvalue weighted by atomic mass is 14.5. The van der Waals surface area contributed by atoms with Crippen molar-refractivity contribution in [1.29, 1.82) is 0 Å². The Morgan fingerprint density at radius 3 is 2.46 bits per heavy atom. The van der Waals surface area contributed by atoms with Gasteiger partial charge in [-0.2, -0.15) is 0 Å². The molecule has 0 radical (unpaired) electrons. The van der Waals surface area contributed by atoms with Crippen LogP contribution in [0.15, 0.2) is 11.1 Å². The molecule has 1 nitrogen and oxygen atoms in total. The second kappa shape index (κ2) is 4.80. The lowest BCUT2D eigenvalue weighted by Crippen LogP contribution is -2.19. The van der Waals surface area contributed by atoms with Gasteiger partial charge in [0.2, 0.25) is 0 Å². The fraction of sp³-hybridized carbons (Fsp3) is 0.833. The Labute approximate surface area is 82.4 Å². The third-order valence-electron chi connectivity index (χ3n) is 3.51. The van der Waals surface area contributed by atoms with Crippen molar-refractivity contribution in [2.75, 3.05) is 6.54 Å². The van der Waals surface area contributed by atoms with Crippen molar-refractivity contribution < 1.29 is 0 Å². The molecular formula is C12H23N. The molecule has 0 aromatic rings. The molecule has 0 fully saturated rings. The van der Waals surface area contributed by atoms with Crippen molar-refractivity contribution in [2.45, 2.75) is 46.5 Å². The van der Waals surface area contributed by atoms with Crippen LogP contribution >= 0.6 is 0 Å². The van der Waals surface area contributed by atoms with E-state index < -0.39 is 0 Å². The van der Waals surface area contributed by atoms with Crippen LogP contribution < -0.4 is 5.73 Å². The zero-order chi connectivity index (χ0) is 9.84. The van der Waals surface area contributed by atoms with Gasteiger partial charge in [0.1, 0.15) is 0 Å². The monoisotopic (exact) mass is 181 g/mol. The van der Waals surface area contributed by atoms with E-state index in [1.165, 1.54) is 25.7 Å². The maximum atomic E-state index is 5.54. The summed E-state index contributed by atoms with van der Waals surface area (Å²) >= 11 is 0. The van der Waals surface area contributed by atoms with Crippen molar-refractivity contribution in [3.05, 3.63) is 11.1 Å². The smallest absolute Gasteiger partial charge is 0.00772 e. The molecule has 0 saturated heterocycles. The van der Waals surface area contributed by atoms with Crippen molar-refractivity contribution >= 4 is 0 Å². The van der Waals surface area contributed by atoms with E-state index in [1.807, 2.05) is 0 Å². The molecule has 2 N–H and O–H groups in total. The summed E-state index contributed by atoms with van der Waals surface area (Å²) in [7, 11) is 0. The van der Waals surface area contributed by atoms with E-state index in [4.69, 9.17) is 5.73 Å². The van der Waals surface area contributed by atoms with Crippen LogP contribution in [0.2, 0.25) is 0 Å². The van der Waals surface area contributed by atoms with Gasteiger partial charge in [0.15, 0.2) is 0 Å². The van der Waals surface area contributed by atoms with Gasteiger partial charge in [-0.05, 0) is 57.9 Å². The van der Waals surface area contributed by atoms with Crippen LogP contribution in [-0.4, -0.2) is 6.54 Å². The van der Waals surface area contributed by atoms with Crippen LogP contribution in [0, 0.1) is 11.8 Å². The summed E-state index contributed by atoms with van der Waals surface area (Å²) in [4.78, 5) is 0. The Bertz CT molecular complexity index is 193. The molecule has 1 heteroatoms. The first-order valence-corrected chi connectivity index (χ1v) is 5.50. The first-order chi connectivity index (χ1) is 6.15. The molecule has 0 aromatic carbocycles. The largest absolute Gasteiger partial charge is 0.330 e. The maximum absolute atomic E-state index is 5.54. The van der Waals surface area contributed by atoms with E-state index in [2.05, 4.69) is 20.8 Å². The first-order valence-electron chi connectivity index (χ1n) is 5.50. The number of rotatable bonds is 3. The van der Waals surface area contributed by atoms with Crippen LogP contribution in [0.3, 0.4) is 0 Å². The molecule has 0 bridgehead atoms. The van der Waals surface area contributed by atoms with Crippen molar-refractivity contribution in [1.82, 2.24) is 0 Å². The summed E-state index contributed by atoms with van der Waals surface area (Å²) in [6.07, 6.45) is 5.14. The molecule has 0 aliphatic heterocycles. The zero-order valence-electron chi connectivity index (χ0n) is 9.27. The maximum Gasteiger partial charge on any atom is -0.00772 e. The van der Waals surface area contributed by atoms with Gasteiger partial charge in [0.25, 0.3) is 0 Å². The molecule has 2 unspecified atom stereocenters. The molecule has 13 heavy (non-hydrogen) atoms. The summed E-state index contributed by atoms with van der Waals surface area (Å²) in [5.74, 6) is 1.77. The summed E-state index contributed by atoms with van der Waals surface area (Å²) in [6.45, 7) is 7.81. The lowest BCUT2D eigenvalue weighted by molar-refractivity contribution is 0.306. The Morgan fingerprint density at radius 2 is 1.85 bits per heavy atom. The normalized spacial score (nSPS) is 29.5. The SMILES string of the molecule is CC1=C(C)CC(CCCN)C(C)C1. The van der Waals surface area contributed by atoms with Gasteiger partial charge >= 0.3 is 0 Å². The molecular weight excluding hydrogens is 158 g/mol. The molecule has 0 amide bonds. The molecule has 2 atom stereocenters. The van der Waals surface area contributed by atoms with Crippen LogP contribution in [0.5, 0.6) is 0 Å². The van der Waals surface area contributed by atoms with Crippen molar-refractivity contribution in [3.63, 3.8) is 0 Å². The lowest BCUT2D eigenvalue weighted by atomic mass is 9.75. The van der Waals surface area contributed by atoms with Crippen molar-refractivity contribution in [3.8, 4) is 0 Å². The number of hydrogen-bond acceptors (Lipinski definition) is 1. The highest BCUT2D eigenvalue weighted by Gasteiger charge is 2.22. The first kappa shape index (κ1) is 10.8. The fourth-order valence-electron chi connectivity index (χ4n) is 2.36. The molecule has 1 aliphatic rings. The lowest BCUT2D eigenvalue weighted by Gasteiger charge is -2.30. The van der Waals surface area contributed by atoms with Crippen LogP contribution in [0.1, 0.15) is 46.5 Å². The third-order valence-corrected chi connectivity index (χ3v) is 3.51. The van der Waals surface area contributed by atoms with E-state index >= 15 is 0 Å². The highest BCUT2D eigenvalue weighted by molar-refractivity contribution is 5.14. The third kappa shape index (κ3) is 2.84. The fourth-order valence-corrected chi connectivity index (χ4v) is 2.36. The van der Waals surface area contributed by atoms with E-state index in [0.29, 0.717) is 0 Å². The Kier molecular flexibility index (Phi) is 3.98. The molecule has 76 valence electrons. The van der Waals surface area contributed by atoms with E-state index in [1.54, 1.807) is 11.1 Å². The van der Waals surface area contributed by atoms with Gasteiger partial charge in [-0.1, -0.05) is 18.1 Å². The number of nitrogens with two attached hydrogens (primary N) is 1. The van der Waals surface area contributed by atoms with Crippen molar-refractivity contribution in [2.24, 2.45) is 17.6 Å². The average molecular weight is 181 g/mol. The number of allylic oxidation sites excluding steroid dienone is 2. The molecule has 1 rings (SSSR count). The molecule has 0 heterocycles. The molecule has 0 aromatic heterocycles. The van der Waals surface area contributed by atoms with Gasteiger partial charge < -0.3 is 5.73 Å². The summed E-state index contributed by atoms with van der Waals surface area (Å²) < 4.78 is 0. The predicted octanol–water partition coefficient (Wildman–Crippen LogP) is 3.11. The van der Waals surface area contributed by atoms with Crippen LogP contribution in [0.4, 0.5) is 0 Å². The minimum atomic E-state index is 0.852. The van der Waals surface area contributed by atoms with E-state index in [9.17, 15) is 0 Å². The summed E-state index contributed by atoms with van der Waals surface area (Å²) in [5.41, 5.74) is 8.79. The van der Waals surface area contributed by atoms with E-state index in [-0.39, 0.29) is 0 Å². The minimum absolute atomic E-state index is 0.852. The predicted molar refractivity (Wildman–Crippen MR) is 58.6 cm³/mol. The summed E-state index contributed by atoms with van der Waals surface area (Å²) in [5, 5.41) is 0. The molecule has 0 saturated carbocycles. The quantitative estimate of drug-likeness (QED) is 0.665. The molecule has 0 spiro atoms. The second-order valence-corrected chi connectivity index (χ2v) is 4.64. The number of hydrogen-bond donors (Lipinski definition) is 1. The van der Waals surface area contributed by atoms with E-state index in [0.717, 1.165) is 18.4 Å². The summed E-state index contributed by atoms with van der Waals surface area (Å²) in [6, 6.07) is 0. The topological polar surface area (TPSA) is 26.0 Å². The molecule has 1 aliphatic carbocycles. The Balaban J connectivity index is 2.49. The Hall–Kier alpha value is -0.300. The van der Waals surface area contributed by atoms with Gasteiger partial charge in [-0.15, -0.1) is 0 Å². The van der Waals surface area contributed by atoms with Gasteiger partial charge in [0.05, 0.1) is 0 Å². The zero-order valence-corrected chi connectivity index (χ0v) is 9.27.